The summed E-state index contributed by atoms with van der Waals surface area (Å²) in [5.41, 5.74) is 0.821. The number of imidazole rings is 1. The summed E-state index contributed by atoms with van der Waals surface area (Å²) < 4.78 is 28.3. The summed E-state index contributed by atoms with van der Waals surface area (Å²) in [4.78, 5) is 46.4. The van der Waals surface area contributed by atoms with Gasteiger partial charge in [-0.3, -0.25) is 14.3 Å². The number of halogens is 1. The Balaban J connectivity index is 1.30. The van der Waals surface area contributed by atoms with Crippen LogP contribution in [0.4, 0.5) is 9.59 Å². The quantitative estimate of drug-likeness (QED) is 0.478. The van der Waals surface area contributed by atoms with Crippen molar-refractivity contribution in [3.63, 3.8) is 0 Å². The number of carboxylic acid groups (broad SMARTS) is 1. The first-order valence-electron chi connectivity index (χ1n) is 12.5. The third-order valence-corrected chi connectivity index (χ3v) is 9.52. The lowest BCUT2D eigenvalue weighted by atomic mass is 10.0. The van der Waals surface area contributed by atoms with Crippen molar-refractivity contribution in [3.8, 4) is 0 Å². The molecule has 206 valence electrons. The number of benzene rings is 2. The zero-order valence-corrected chi connectivity index (χ0v) is 23.0. The molecule has 39 heavy (non-hydrogen) atoms. The zero-order chi connectivity index (χ0) is 28.1. The summed E-state index contributed by atoms with van der Waals surface area (Å²) in [5.74, 6) is -0.644. The lowest BCUT2D eigenvalue weighted by molar-refractivity contribution is -0.136. The van der Waals surface area contributed by atoms with Crippen LogP contribution in [0.15, 0.2) is 47.5 Å². The second-order valence-corrected chi connectivity index (χ2v) is 12.4. The molecule has 5 rings (SSSR count). The van der Waals surface area contributed by atoms with Crippen molar-refractivity contribution in [1.29, 1.82) is 0 Å². The molecular formula is C26H28ClN5O6S. The molecule has 1 unspecified atom stereocenters. The summed E-state index contributed by atoms with van der Waals surface area (Å²) in [6, 6.07) is 7.97. The van der Waals surface area contributed by atoms with Gasteiger partial charge < -0.3 is 14.9 Å². The van der Waals surface area contributed by atoms with Crippen LogP contribution in [-0.2, 0) is 21.2 Å². The predicted molar refractivity (Wildman–Crippen MR) is 143 cm³/mol. The number of fused-ring (bicyclic) bond motifs is 2. The van der Waals surface area contributed by atoms with Gasteiger partial charge in [-0.25, -0.2) is 23.0 Å². The molecule has 1 fully saturated rings. The molecule has 3 amide bonds. The SMILES string of the molecule is Cc1ncc2n1C(=O)N(C1CCN(C(=O)C(CS(=O)(=O)c3ccc4cc(Cl)ccc4c3)N(C)C(=O)O)CC1)C2. The van der Waals surface area contributed by atoms with E-state index in [-0.39, 0.29) is 30.1 Å². The molecule has 2 aromatic carbocycles. The number of nitrogens with zero attached hydrogens (tertiary/aromatic N) is 5. The molecule has 13 heteroatoms. The fourth-order valence-electron chi connectivity index (χ4n) is 5.30. The van der Waals surface area contributed by atoms with E-state index in [1.807, 2.05) is 0 Å². The Kier molecular flexibility index (Phi) is 7.02. The topological polar surface area (TPSA) is 133 Å². The van der Waals surface area contributed by atoms with Crippen molar-refractivity contribution in [1.82, 2.24) is 24.3 Å². The molecule has 0 spiro atoms. The Labute approximate surface area is 230 Å². The predicted octanol–water partition coefficient (Wildman–Crippen LogP) is 3.23. The summed E-state index contributed by atoms with van der Waals surface area (Å²) in [7, 11) is -2.83. The largest absolute Gasteiger partial charge is 0.465 e. The standard InChI is InChI=1S/C26H28ClN5O6S/c1-16-28-13-21-14-31(25(34)32(16)21)20-7-9-30(10-8-20)24(33)23(29(2)26(35)36)15-39(37,38)22-6-4-17-11-19(27)5-3-18(17)12-22/h3-6,11-13,20,23H,7-10,14-15H2,1-2H3,(H,35,36). The minimum Gasteiger partial charge on any atom is -0.465 e. The molecule has 2 aliphatic heterocycles. The van der Waals surface area contributed by atoms with Gasteiger partial charge in [0, 0.05) is 31.2 Å². The summed E-state index contributed by atoms with van der Waals surface area (Å²) >= 11 is 6.02. The molecule has 3 heterocycles. The molecule has 0 saturated carbocycles. The van der Waals surface area contributed by atoms with E-state index >= 15 is 0 Å². The molecule has 1 aromatic heterocycles. The van der Waals surface area contributed by atoms with E-state index in [0.29, 0.717) is 35.6 Å². The Hall–Kier alpha value is -3.64. The van der Waals surface area contributed by atoms with Gasteiger partial charge in [0.2, 0.25) is 5.91 Å². The van der Waals surface area contributed by atoms with Gasteiger partial charge >= 0.3 is 12.1 Å². The monoisotopic (exact) mass is 573 g/mol. The third-order valence-electron chi connectivity index (χ3n) is 7.56. The first-order chi connectivity index (χ1) is 18.5. The Bertz CT molecular complexity index is 1580. The van der Waals surface area contributed by atoms with E-state index in [9.17, 15) is 27.9 Å². The number of aryl methyl sites for hydroxylation is 1. The van der Waals surface area contributed by atoms with Crippen LogP contribution in [0.25, 0.3) is 10.8 Å². The highest BCUT2D eigenvalue weighted by Crippen LogP contribution is 2.27. The highest BCUT2D eigenvalue weighted by atomic mass is 35.5. The van der Waals surface area contributed by atoms with Crippen LogP contribution in [0.5, 0.6) is 0 Å². The van der Waals surface area contributed by atoms with Crippen LogP contribution in [0.3, 0.4) is 0 Å². The van der Waals surface area contributed by atoms with Crippen LogP contribution in [-0.4, -0.2) is 93.8 Å². The average molecular weight is 574 g/mol. The maximum Gasteiger partial charge on any atom is 0.407 e. The van der Waals surface area contributed by atoms with E-state index in [4.69, 9.17) is 11.6 Å². The molecule has 3 aromatic rings. The van der Waals surface area contributed by atoms with Crippen molar-refractivity contribution in [2.45, 2.75) is 43.3 Å². The van der Waals surface area contributed by atoms with Gasteiger partial charge in [0.05, 0.1) is 29.1 Å². The second-order valence-electron chi connectivity index (χ2n) is 9.94. The Morgan fingerprint density at radius 1 is 1.15 bits per heavy atom. The van der Waals surface area contributed by atoms with Gasteiger partial charge in [0.1, 0.15) is 11.9 Å². The molecule has 0 radical (unpaired) electrons. The molecule has 1 atom stereocenters. The maximum absolute atomic E-state index is 13.5. The van der Waals surface area contributed by atoms with Gasteiger partial charge in [-0.1, -0.05) is 23.7 Å². The van der Waals surface area contributed by atoms with Crippen molar-refractivity contribution >= 4 is 50.2 Å². The Morgan fingerprint density at radius 3 is 2.49 bits per heavy atom. The van der Waals surface area contributed by atoms with Crippen molar-refractivity contribution in [2.75, 3.05) is 25.9 Å². The van der Waals surface area contributed by atoms with Crippen LogP contribution in [0.2, 0.25) is 5.02 Å². The fourth-order valence-corrected chi connectivity index (χ4v) is 7.04. The van der Waals surface area contributed by atoms with Crippen molar-refractivity contribution < 1.29 is 27.9 Å². The minimum absolute atomic E-state index is 0.00569. The van der Waals surface area contributed by atoms with E-state index < -0.39 is 33.6 Å². The molecular weight excluding hydrogens is 546 g/mol. The third kappa shape index (κ3) is 5.06. The first kappa shape index (κ1) is 26.9. The number of carbonyl (C=O) groups is 3. The highest BCUT2D eigenvalue weighted by molar-refractivity contribution is 7.91. The number of likely N-dealkylation sites (N-methyl/N-ethyl adjacent to an activating group) is 1. The van der Waals surface area contributed by atoms with E-state index in [1.54, 1.807) is 46.9 Å². The molecule has 2 aliphatic rings. The number of piperidine rings is 1. The molecule has 0 bridgehead atoms. The van der Waals surface area contributed by atoms with Gasteiger partial charge in [-0.2, -0.15) is 0 Å². The molecule has 0 aliphatic carbocycles. The normalized spacial score (nSPS) is 16.9. The second kappa shape index (κ2) is 10.2. The van der Waals surface area contributed by atoms with Crippen molar-refractivity contribution in [3.05, 3.63) is 59.1 Å². The highest BCUT2D eigenvalue weighted by Gasteiger charge is 2.40. The Morgan fingerprint density at radius 2 is 1.82 bits per heavy atom. The summed E-state index contributed by atoms with van der Waals surface area (Å²) in [6.07, 6.45) is 1.28. The van der Waals surface area contributed by atoms with E-state index in [1.165, 1.54) is 24.1 Å². The maximum atomic E-state index is 13.5. The zero-order valence-electron chi connectivity index (χ0n) is 21.4. The van der Waals surface area contributed by atoms with Crippen LogP contribution < -0.4 is 0 Å². The van der Waals surface area contributed by atoms with Gasteiger partial charge in [0.15, 0.2) is 9.84 Å². The number of likely N-dealkylation sites (tertiary alicyclic amines) is 1. The van der Waals surface area contributed by atoms with E-state index in [2.05, 4.69) is 4.98 Å². The minimum atomic E-state index is -4.03. The van der Waals surface area contributed by atoms with Gasteiger partial charge in [0.25, 0.3) is 0 Å². The number of hydrogen-bond donors (Lipinski definition) is 1. The molecule has 1 saturated heterocycles. The average Bonchev–Trinajstić information content (AvgIpc) is 3.45. The molecule has 1 N–H and O–H groups in total. The summed E-state index contributed by atoms with van der Waals surface area (Å²) in [6.45, 7) is 2.77. The first-order valence-corrected chi connectivity index (χ1v) is 14.5. The molecule has 11 nitrogen and oxygen atoms in total. The number of sulfone groups is 1. The number of amides is 3. The lowest BCUT2D eigenvalue weighted by Crippen LogP contribution is -2.55. The fraction of sp³-hybridized carbons (Fsp3) is 0.385. The number of carbonyl (C=O) groups excluding carboxylic acids is 2. The van der Waals surface area contributed by atoms with Gasteiger partial charge in [-0.05, 0) is 54.8 Å². The summed E-state index contributed by atoms with van der Waals surface area (Å²) in [5, 5.41) is 11.6. The lowest BCUT2D eigenvalue weighted by Gasteiger charge is -2.38. The van der Waals surface area contributed by atoms with Crippen molar-refractivity contribution in [2.24, 2.45) is 0 Å². The number of hydrogen-bond acceptors (Lipinski definition) is 6. The number of rotatable bonds is 6. The van der Waals surface area contributed by atoms with Crippen LogP contribution in [0.1, 0.15) is 24.4 Å². The van der Waals surface area contributed by atoms with Crippen LogP contribution >= 0.6 is 11.6 Å². The number of aromatic nitrogens is 2. The van der Waals surface area contributed by atoms with E-state index in [0.717, 1.165) is 16.0 Å². The smallest absolute Gasteiger partial charge is 0.407 e. The van der Waals surface area contributed by atoms with Crippen LogP contribution in [0, 0.1) is 6.92 Å². The van der Waals surface area contributed by atoms with Gasteiger partial charge in [-0.15, -0.1) is 0 Å².